The smallest absolute Gasteiger partial charge is 0.266 e. The van der Waals surface area contributed by atoms with Gasteiger partial charge in [0.25, 0.3) is 5.56 Å². The van der Waals surface area contributed by atoms with Crippen LogP contribution in [0.25, 0.3) is 0 Å². The van der Waals surface area contributed by atoms with E-state index in [2.05, 4.69) is 10.2 Å². The third-order valence-corrected chi connectivity index (χ3v) is 2.41. The van der Waals surface area contributed by atoms with Crippen molar-refractivity contribution in [3.8, 4) is 0 Å². The minimum atomic E-state index is -0.289. The number of piperidine rings is 1. The predicted octanol–water partition coefficient (Wildman–Crippen LogP) is -0.269. The molecule has 0 bridgehead atoms. The van der Waals surface area contributed by atoms with Crippen molar-refractivity contribution in [3.05, 3.63) is 22.6 Å². The fourth-order valence-electron chi connectivity index (χ4n) is 1.73. The Bertz CT molecular complexity index is 363. The zero-order valence-electron chi connectivity index (χ0n) is 7.81. The van der Waals surface area contributed by atoms with Crippen molar-refractivity contribution in [2.45, 2.75) is 18.9 Å². The van der Waals surface area contributed by atoms with Gasteiger partial charge in [0, 0.05) is 19.2 Å². The third-order valence-electron chi connectivity index (χ3n) is 2.41. The average molecular weight is 195 g/mol. The number of H-pyrrole nitrogens is 1. The van der Waals surface area contributed by atoms with E-state index in [1.165, 1.54) is 6.07 Å². The molecule has 2 heterocycles. The van der Waals surface area contributed by atoms with Gasteiger partial charge in [-0.05, 0) is 12.8 Å². The van der Waals surface area contributed by atoms with Crippen molar-refractivity contribution in [2.24, 2.45) is 0 Å². The molecule has 1 aliphatic rings. The van der Waals surface area contributed by atoms with E-state index >= 15 is 0 Å². The van der Waals surface area contributed by atoms with Gasteiger partial charge in [0.1, 0.15) is 0 Å². The minimum absolute atomic E-state index is 0.206. The Balaban J connectivity index is 2.18. The van der Waals surface area contributed by atoms with Crippen LogP contribution in [0.3, 0.4) is 0 Å². The maximum atomic E-state index is 11.0. The summed E-state index contributed by atoms with van der Waals surface area (Å²) >= 11 is 0. The van der Waals surface area contributed by atoms with Crippen molar-refractivity contribution >= 4 is 5.69 Å². The van der Waals surface area contributed by atoms with Gasteiger partial charge in [-0.1, -0.05) is 0 Å². The highest BCUT2D eigenvalue weighted by Gasteiger charge is 2.18. The van der Waals surface area contributed by atoms with Crippen LogP contribution in [0.15, 0.2) is 17.1 Å². The molecular formula is C9H13N3O2. The fourth-order valence-corrected chi connectivity index (χ4v) is 1.73. The zero-order chi connectivity index (χ0) is 9.97. The van der Waals surface area contributed by atoms with Crippen LogP contribution < -0.4 is 10.5 Å². The Labute approximate surface area is 81.4 Å². The molecule has 2 rings (SSSR count). The number of aromatic amines is 1. The van der Waals surface area contributed by atoms with E-state index in [4.69, 9.17) is 0 Å². The maximum absolute atomic E-state index is 11.0. The molecule has 1 aromatic rings. The topological polar surface area (TPSA) is 69.2 Å². The van der Waals surface area contributed by atoms with Gasteiger partial charge in [-0.3, -0.25) is 4.79 Å². The van der Waals surface area contributed by atoms with Crippen LogP contribution >= 0.6 is 0 Å². The first-order valence-electron chi connectivity index (χ1n) is 4.73. The Hall–Kier alpha value is -1.36. The summed E-state index contributed by atoms with van der Waals surface area (Å²) in [5.41, 5.74) is 0.579. The number of hydrogen-bond acceptors (Lipinski definition) is 4. The van der Waals surface area contributed by atoms with E-state index in [0.29, 0.717) is 6.54 Å². The molecule has 0 amide bonds. The number of aliphatic hydroxyl groups is 1. The molecule has 1 aliphatic heterocycles. The summed E-state index contributed by atoms with van der Waals surface area (Å²) in [6.45, 7) is 1.47. The predicted molar refractivity (Wildman–Crippen MR) is 52.3 cm³/mol. The van der Waals surface area contributed by atoms with E-state index < -0.39 is 0 Å². The van der Waals surface area contributed by atoms with Crippen molar-refractivity contribution in [3.63, 3.8) is 0 Å². The zero-order valence-corrected chi connectivity index (χ0v) is 7.81. The first-order valence-corrected chi connectivity index (χ1v) is 4.73. The fraction of sp³-hybridized carbons (Fsp3) is 0.556. The summed E-state index contributed by atoms with van der Waals surface area (Å²) < 4.78 is 0. The lowest BCUT2D eigenvalue weighted by Gasteiger charge is -2.31. The van der Waals surface area contributed by atoms with Gasteiger partial charge in [-0.15, -0.1) is 0 Å². The van der Waals surface area contributed by atoms with Gasteiger partial charge in [0.2, 0.25) is 0 Å². The Morgan fingerprint density at radius 3 is 3.21 bits per heavy atom. The average Bonchev–Trinajstić information content (AvgIpc) is 2.18. The van der Waals surface area contributed by atoms with E-state index in [1.54, 1.807) is 6.20 Å². The second kappa shape index (κ2) is 3.79. The number of nitrogens with zero attached hydrogens (tertiary/aromatic N) is 2. The molecule has 76 valence electrons. The molecule has 1 aromatic heterocycles. The number of β-amino-alcohol motifs (C(OH)–C–C–N with tert-alkyl or cyclic N) is 1. The summed E-state index contributed by atoms with van der Waals surface area (Å²) in [7, 11) is 0. The summed E-state index contributed by atoms with van der Waals surface area (Å²) in [5, 5.41) is 15.5. The molecular weight excluding hydrogens is 182 g/mol. The first kappa shape index (κ1) is 9.21. The molecule has 14 heavy (non-hydrogen) atoms. The van der Waals surface area contributed by atoms with E-state index in [-0.39, 0.29) is 11.7 Å². The summed E-state index contributed by atoms with van der Waals surface area (Å²) in [6, 6.07) is 1.50. The number of anilines is 1. The highest BCUT2D eigenvalue weighted by atomic mass is 16.3. The second-order valence-corrected chi connectivity index (χ2v) is 3.55. The standard InChI is InChI=1S/C9H13N3O2/c13-8-2-1-3-12(6-8)7-4-9(14)11-10-5-7/h4-5,8,13H,1-3,6H2,(H,11,14). The maximum Gasteiger partial charge on any atom is 0.266 e. The van der Waals surface area contributed by atoms with Crippen LogP contribution in [0, 0.1) is 0 Å². The molecule has 0 radical (unpaired) electrons. The molecule has 1 fully saturated rings. The number of aliphatic hydroxyl groups excluding tert-OH is 1. The van der Waals surface area contributed by atoms with Crippen molar-refractivity contribution in [1.82, 2.24) is 10.2 Å². The lowest BCUT2D eigenvalue weighted by atomic mass is 10.1. The summed E-state index contributed by atoms with van der Waals surface area (Å²) in [4.78, 5) is 13.0. The van der Waals surface area contributed by atoms with Crippen LogP contribution in [0.5, 0.6) is 0 Å². The molecule has 0 spiro atoms. The Kier molecular flexibility index (Phi) is 2.49. The van der Waals surface area contributed by atoms with Crippen LogP contribution in [0.2, 0.25) is 0 Å². The number of rotatable bonds is 1. The lowest BCUT2D eigenvalue weighted by molar-refractivity contribution is 0.154. The van der Waals surface area contributed by atoms with Crippen molar-refractivity contribution < 1.29 is 5.11 Å². The lowest BCUT2D eigenvalue weighted by Crippen LogP contribution is -2.38. The normalized spacial score (nSPS) is 22.4. The van der Waals surface area contributed by atoms with Crippen molar-refractivity contribution in [1.29, 1.82) is 0 Å². The quantitative estimate of drug-likeness (QED) is 0.647. The highest BCUT2D eigenvalue weighted by molar-refractivity contribution is 5.43. The van der Waals surface area contributed by atoms with Crippen LogP contribution in [0.1, 0.15) is 12.8 Å². The monoisotopic (exact) mass is 195 g/mol. The number of aromatic nitrogens is 2. The minimum Gasteiger partial charge on any atom is -0.391 e. The van der Waals surface area contributed by atoms with Crippen LogP contribution in [-0.4, -0.2) is 34.5 Å². The molecule has 1 atom stereocenters. The molecule has 1 unspecified atom stereocenters. The molecule has 5 heteroatoms. The largest absolute Gasteiger partial charge is 0.391 e. The van der Waals surface area contributed by atoms with Gasteiger partial charge >= 0.3 is 0 Å². The second-order valence-electron chi connectivity index (χ2n) is 3.55. The van der Waals surface area contributed by atoms with Crippen molar-refractivity contribution in [2.75, 3.05) is 18.0 Å². The SMILES string of the molecule is O=c1cc(N2CCCC(O)C2)cn[nH]1. The van der Waals surface area contributed by atoms with E-state index in [1.807, 2.05) is 4.90 Å². The Morgan fingerprint density at radius 2 is 2.50 bits per heavy atom. The van der Waals surface area contributed by atoms with Gasteiger partial charge in [0.15, 0.2) is 0 Å². The number of nitrogens with one attached hydrogen (secondary N) is 1. The van der Waals surface area contributed by atoms with Gasteiger partial charge in [-0.2, -0.15) is 5.10 Å². The molecule has 0 aromatic carbocycles. The van der Waals surface area contributed by atoms with Gasteiger partial charge in [-0.25, -0.2) is 5.10 Å². The van der Waals surface area contributed by atoms with E-state index in [9.17, 15) is 9.90 Å². The molecule has 1 saturated heterocycles. The molecule has 5 nitrogen and oxygen atoms in total. The molecule has 2 N–H and O–H groups in total. The Morgan fingerprint density at radius 1 is 1.64 bits per heavy atom. The summed E-state index contributed by atoms with van der Waals surface area (Å²) in [6.07, 6.45) is 3.11. The third kappa shape index (κ3) is 1.93. The number of hydrogen-bond donors (Lipinski definition) is 2. The van der Waals surface area contributed by atoms with Crippen LogP contribution in [0.4, 0.5) is 5.69 Å². The van der Waals surface area contributed by atoms with Gasteiger partial charge < -0.3 is 10.0 Å². The highest BCUT2D eigenvalue weighted by Crippen LogP contribution is 2.16. The first-order chi connectivity index (χ1) is 6.75. The van der Waals surface area contributed by atoms with Gasteiger partial charge in [0.05, 0.1) is 18.0 Å². The molecule has 0 saturated carbocycles. The van der Waals surface area contributed by atoms with Crippen LogP contribution in [-0.2, 0) is 0 Å². The van der Waals surface area contributed by atoms with E-state index in [0.717, 1.165) is 25.1 Å². The summed E-state index contributed by atoms with van der Waals surface area (Å²) in [5.74, 6) is 0. The molecule has 0 aliphatic carbocycles.